The molecule has 0 saturated carbocycles. The molecule has 1 unspecified atom stereocenters. The van der Waals surface area contributed by atoms with Crippen molar-refractivity contribution in [3.05, 3.63) is 30.1 Å². The number of pyridine rings is 1. The van der Waals surface area contributed by atoms with E-state index in [0.717, 1.165) is 0 Å². The van der Waals surface area contributed by atoms with Gasteiger partial charge in [-0.1, -0.05) is 6.07 Å². The van der Waals surface area contributed by atoms with E-state index in [9.17, 15) is 4.79 Å². The summed E-state index contributed by atoms with van der Waals surface area (Å²) in [6.07, 6.45) is 1.77. The third-order valence-electron chi connectivity index (χ3n) is 2.18. The van der Waals surface area contributed by atoms with Crippen LogP contribution in [0.1, 0.15) is 39.8 Å². The van der Waals surface area contributed by atoms with Crippen molar-refractivity contribution in [3.8, 4) is 0 Å². The van der Waals surface area contributed by atoms with Gasteiger partial charge in [0.1, 0.15) is 5.60 Å². The summed E-state index contributed by atoms with van der Waals surface area (Å²) in [4.78, 5) is 15.9. The molecule has 0 fully saturated rings. The van der Waals surface area contributed by atoms with Crippen molar-refractivity contribution in [2.45, 2.75) is 45.3 Å². The lowest BCUT2D eigenvalue weighted by Crippen LogP contribution is -2.38. The van der Waals surface area contributed by atoms with E-state index in [4.69, 9.17) is 10.5 Å². The molecule has 94 valence electrons. The first-order chi connectivity index (χ1) is 7.71. The highest BCUT2D eigenvalue weighted by molar-refractivity contribution is 5.71. The van der Waals surface area contributed by atoms with Gasteiger partial charge in [-0.15, -0.1) is 0 Å². The number of carbonyl (C=O) groups is 1. The summed E-state index contributed by atoms with van der Waals surface area (Å²) in [7, 11) is 0. The van der Waals surface area contributed by atoms with Crippen molar-refractivity contribution < 1.29 is 9.53 Å². The highest BCUT2D eigenvalue weighted by Crippen LogP contribution is 2.21. The summed E-state index contributed by atoms with van der Waals surface area (Å²) in [5.41, 5.74) is 5.49. The van der Waals surface area contributed by atoms with Crippen LogP contribution >= 0.6 is 0 Å². The van der Waals surface area contributed by atoms with Crippen LogP contribution in [0.5, 0.6) is 0 Å². The first-order valence-corrected chi connectivity index (χ1v) is 5.63. The third-order valence-corrected chi connectivity index (χ3v) is 2.18. The van der Waals surface area contributed by atoms with Crippen LogP contribution in [0.2, 0.25) is 0 Å². The number of aromatic nitrogens is 1. The van der Waals surface area contributed by atoms with Gasteiger partial charge in [0.05, 0.1) is 17.7 Å². The summed E-state index contributed by atoms with van der Waals surface area (Å²) in [5.74, 6) is -0.312. The van der Waals surface area contributed by atoms with Gasteiger partial charge < -0.3 is 10.5 Å². The molecule has 0 spiro atoms. The quantitative estimate of drug-likeness (QED) is 0.815. The van der Waals surface area contributed by atoms with Gasteiger partial charge in [0.15, 0.2) is 0 Å². The maximum atomic E-state index is 11.7. The average molecular weight is 236 g/mol. The molecule has 0 amide bonds. The first kappa shape index (κ1) is 13.6. The van der Waals surface area contributed by atoms with Gasteiger partial charge in [-0.25, -0.2) is 0 Å². The summed E-state index contributed by atoms with van der Waals surface area (Å²) in [5, 5.41) is 0. The number of carbonyl (C=O) groups excluding carboxylic acids is 1. The van der Waals surface area contributed by atoms with E-state index >= 15 is 0 Å². The predicted octanol–water partition coefficient (Wildman–Crippen LogP) is 1.99. The molecule has 0 aliphatic heterocycles. The Balaban J connectivity index is 2.71. The van der Waals surface area contributed by atoms with Crippen LogP contribution in [0.15, 0.2) is 24.4 Å². The molecule has 1 atom stereocenters. The molecule has 1 heterocycles. The van der Waals surface area contributed by atoms with E-state index in [1.807, 2.05) is 39.0 Å². The Morgan fingerprint density at radius 1 is 1.35 bits per heavy atom. The maximum Gasteiger partial charge on any atom is 0.308 e. The number of rotatable bonds is 3. The molecular weight excluding hydrogens is 216 g/mol. The van der Waals surface area contributed by atoms with Crippen LogP contribution < -0.4 is 5.73 Å². The molecule has 1 rings (SSSR count). The second-order valence-electron chi connectivity index (χ2n) is 5.40. The fraction of sp³-hybridized carbons (Fsp3) is 0.538. The molecule has 0 aromatic carbocycles. The van der Waals surface area contributed by atoms with E-state index in [1.165, 1.54) is 0 Å². The predicted molar refractivity (Wildman–Crippen MR) is 66.2 cm³/mol. The normalized spacial score (nSPS) is 15.1. The van der Waals surface area contributed by atoms with E-state index in [0.29, 0.717) is 5.69 Å². The Labute approximate surface area is 102 Å². The van der Waals surface area contributed by atoms with Crippen molar-refractivity contribution in [1.29, 1.82) is 0 Å². The molecule has 0 saturated heterocycles. The summed E-state index contributed by atoms with van der Waals surface area (Å²) in [6.45, 7) is 7.28. The van der Waals surface area contributed by atoms with Crippen molar-refractivity contribution >= 4 is 5.97 Å². The Morgan fingerprint density at radius 2 is 2.00 bits per heavy atom. The summed E-state index contributed by atoms with van der Waals surface area (Å²) >= 11 is 0. The SMILES string of the molecule is CC(C)(C)OC(=O)CC(C)(N)c1ccccn1. The van der Waals surface area contributed by atoms with Gasteiger partial charge in [-0.3, -0.25) is 9.78 Å². The van der Waals surface area contributed by atoms with Gasteiger partial charge in [-0.2, -0.15) is 0 Å². The number of nitrogens with two attached hydrogens (primary N) is 1. The zero-order valence-electron chi connectivity index (χ0n) is 10.9. The number of esters is 1. The molecular formula is C13H20N2O2. The Bertz CT molecular complexity index is 380. The van der Waals surface area contributed by atoms with Crippen LogP contribution in [0.4, 0.5) is 0 Å². The van der Waals surface area contributed by atoms with Crippen molar-refractivity contribution in [2.75, 3.05) is 0 Å². The topological polar surface area (TPSA) is 65.2 Å². The molecule has 1 aromatic heterocycles. The smallest absolute Gasteiger partial charge is 0.308 e. The molecule has 0 radical (unpaired) electrons. The minimum absolute atomic E-state index is 0.112. The largest absolute Gasteiger partial charge is 0.460 e. The summed E-state index contributed by atoms with van der Waals surface area (Å²) < 4.78 is 5.25. The van der Waals surface area contributed by atoms with Crippen LogP contribution in [0.25, 0.3) is 0 Å². The minimum atomic E-state index is -0.802. The fourth-order valence-electron chi connectivity index (χ4n) is 1.47. The number of hydrogen-bond donors (Lipinski definition) is 1. The van der Waals surface area contributed by atoms with Crippen LogP contribution in [0, 0.1) is 0 Å². The van der Waals surface area contributed by atoms with E-state index < -0.39 is 11.1 Å². The van der Waals surface area contributed by atoms with Gasteiger partial charge in [0.25, 0.3) is 0 Å². The second-order valence-corrected chi connectivity index (χ2v) is 5.40. The van der Waals surface area contributed by atoms with Gasteiger partial charge in [0, 0.05) is 6.20 Å². The molecule has 0 bridgehead atoms. The van der Waals surface area contributed by atoms with Crippen LogP contribution in [0.3, 0.4) is 0 Å². The molecule has 2 N–H and O–H groups in total. The molecule has 0 aliphatic rings. The molecule has 0 aliphatic carbocycles. The number of hydrogen-bond acceptors (Lipinski definition) is 4. The van der Waals surface area contributed by atoms with E-state index in [2.05, 4.69) is 4.98 Å². The number of ether oxygens (including phenoxy) is 1. The molecule has 17 heavy (non-hydrogen) atoms. The van der Waals surface area contributed by atoms with Crippen LogP contribution in [-0.4, -0.2) is 16.6 Å². The standard InChI is InChI=1S/C13H20N2O2/c1-12(2,3)17-11(16)9-13(4,14)10-7-5-6-8-15-10/h5-8H,9,14H2,1-4H3. The third kappa shape index (κ3) is 4.53. The zero-order valence-corrected chi connectivity index (χ0v) is 10.9. The maximum absolute atomic E-state index is 11.7. The highest BCUT2D eigenvalue weighted by atomic mass is 16.6. The lowest BCUT2D eigenvalue weighted by molar-refractivity contribution is -0.156. The second kappa shape index (κ2) is 4.84. The van der Waals surface area contributed by atoms with E-state index in [-0.39, 0.29) is 12.4 Å². The Morgan fingerprint density at radius 3 is 2.47 bits per heavy atom. The molecule has 4 nitrogen and oxygen atoms in total. The first-order valence-electron chi connectivity index (χ1n) is 5.63. The fourth-order valence-corrected chi connectivity index (χ4v) is 1.47. The molecule has 1 aromatic rings. The number of nitrogens with zero attached hydrogens (tertiary/aromatic N) is 1. The van der Waals surface area contributed by atoms with Gasteiger partial charge in [-0.05, 0) is 39.8 Å². The van der Waals surface area contributed by atoms with Gasteiger partial charge in [0.2, 0.25) is 0 Å². The van der Waals surface area contributed by atoms with Crippen molar-refractivity contribution in [1.82, 2.24) is 4.98 Å². The zero-order chi connectivity index (χ0) is 13.1. The molecule has 4 heteroatoms. The average Bonchev–Trinajstić information content (AvgIpc) is 2.15. The Kier molecular flexibility index (Phi) is 3.88. The van der Waals surface area contributed by atoms with E-state index in [1.54, 1.807) is 13.1 Å². The highest BCUT2D eigenvalue weighted by Gasteiger charge is 2.28. The van der Waals surface area contributed by atoms with Crippen molar-refractivity contribution in [3.63, 3.8) is 0 Å². The van der Waals surface area contributed by atoms with Gasteiger partial charge >= 0.3 is 5.97 Å². The minimum Gasteiger partial charge on any atom is -0.460 e. The monoisotopic (exact) mass is 236 g/mol. The Hall–Kier alpha value is -1.42. The lowest BCUT2D eigenvalue weighted by Gasteiger charge is -2.26. The lowest BCUT2D eigenvalue weighted by atomic mass is 9.94. The van der Waals surface area contributed by atoms with Crippen molar-refractivity contribution in [2.24, 2.45) is 5.73 Å². The summed E-state index contributed by atoms with van der Waals surface area (Å²) in [6, 6.07) is 5.47. The van der Waals surface area contributed by atoms with Crippen LogP contribution in [-0.2, 0) is 15.1 Å².